The summed E-state index contributed by atoms with van der Waals surface area (Å²) in [6, 6.07) is 0. The van der Waals surface area contributed by atoms with Crippen molar-refractivity contribution < 1.29 is 19.7 Å². The van der Waals surface area contributed by atoms with Crippen molar-refractivity contribution in [3.63, 3.8) is 0 Å². The van der Waals surface area contributed by atoms with E-state index in [4.69, 9.17) is 9.47 Å². The van der Waals surface area contributed by atoms with Crippen molar-refractivity contribution in [2.24, 2.45) is 0 Å². The van der Waals surface area contributed by atoms with E-state index in [1.54, 1.807) is 0 Å². The molecule has 0 saturated heterocycles. The first-order chi connectivity index (χ1) is 7.67. The van der Waals surface area contributed by atoms with E-state index in [9.17, 15) is 10.2 Å². The molecule has 0 aliphatic rings. The summed E-state index contributed by atoms with van der Waals surface area (Å²) in [5.41, 5.74) is 0. The number of aliphatic hydroxyl groups is 2. The number of aliphatic hydroxyl groups excluding tert-OH is 2. The Morgan fingerprint density at radius 1 is 1.38 bits per heavy atom. The lowest BCUT2D eigenvalue weighted by molar-refractivity contribution is -0.00466. The Labute approximate surface area is 97.2 Å². The van der Waals surface area contributed by atoms with E-state index in [0.29, 0.717) is 26.2 Å². The van der Waals surface area contributed by atoms with Crippen molar-refractivity contribution in [3.8, 4) is 0 Å². The monoisotopic (exact) mass is 230 g/mol. The smallest absolute Gasteiger partial charge is 0.140 e. The Bertz CT molecular complexity index is 213. The highest BCUT2D eigenvalue weighted by molar-refractivity contribution is 5.05. The number of rotatable bonds is 9. The normalized spacial score (nSPS) is 15.8. The molecule has 0 aromatic heterocycles. The minimum absolute atomic E-state index is 0.0990. The summed E-state index contributed by atoms with van der Waals surface area (Å²) < 4.78 is 10.3. The van der Waals surface area contributed by atoms with Gasteiger partial charge in [0.05, 0.1) is 6.61 Å². The van der Waals surface area contributed by atoms with Crippen LogP contribution in [0.25, 0.3) is 0 Å². The van der Waals surface area contributed by atoms with Crippen LogP contribution in [0, 0.1) is 0 Å². The van der Waals surface area contributed by atoms with E-state index in [-0.39, 0.29) is 5.76 Å². The third kappa shape index (κ3) is 5.90. The molecule has 0 aliphatic heterocycles. The predicted molar refractivity (Wildman–Crippen MR) is 63.4 cm³/mol. The summed E-state index contributed by atoms with van der Waals surface area (Å²) in [6.45, 7) is 8.90. The average molecular weight is 230 g/mol. The van der Waals surface area contributed by atoms with E-state index >= 15 is 0 Å². The minimum Gasteiger partial charge on any atom is -0.510 e. The minimum atomic E-state index is -1.06. The maximum absolute atomic E-state index is 9.71. The van der Waals surface area contributed by atoms with Gasteiger partial charge in [0.2, 0.25) is 0 Å². The Kier molecular flexibility index (Phi) is 8.90. The van der Waals surface area contributed by atoms with Crippen molar-refractivity contribution in [1.29, 1.82) is 0 Å². The molecule has 0 amide bonds. The van der Waals surface area contributed by atoms with Crippen LogP contribution >= 0.6 is 0 Å². The zero-order chi connectivity index (χ0) is 12.4. The molecule has 94 valence electrons. The Morgan fingerprint density at radius 3 is 2.56 bits per heavy atom. The predicted octanol–water partition coefficient (Wildman–Crippen LogP) is 1.81. The van der Waals surface area contributed by atoms with Gasteiger partial charge in [0.25, 0.3) is 0 Å². The zero-order valence-electron chi connectivity index (χ0n) is 10.1. The maximum Gasteiger partial charge on any atom is 0.140 e. The molecule has 4 nitrogen and oxygen atoms in total. The molecule has 2 unspecified atom stereocenters. The van der Waals surface area contributed by atoms with Gasteiger partial charge in [-0.2, -0.15) is 0 Å². The van der Waals surface area contributed by atoms with Crippen molar-refractivity contribution in [2.45, 2.75) is 32.5 Å². The van der Waals surface area contributed by atoms with Crippen molar-refractivity contribution >= 4 is 0 Å². The Hall–Kier alpha value is -0.840. The molecule has 0 radical (unpaired) electrons. The largest absolute Gasteiger partial charge is 0.510 e. The molecular formula is C12H22O4. The third-order valence-electron chi connectivity index (χ3n) is 2.03. The van der Waals surface area contributed by atoms with E-state index in [1.165, 1.54) is 12.2 Å². The molecule has 0 saturated carbocycles. The average Bonchev–Trinajstić information content (AvgIpc) is 2.30. The highest BCUT2D eigenvalue weighted by Crippen LogP contribution is 2.09. The van der Waals surface area contributed by atoms with Gasteiger partial charge in [0, 0.05) is 13.2 Å². The van der Waals surface area contributed by atoms with E-state index < -0.39 is 12.2 Å². The Morgan fingerprint density at radius 2 is 2.06 bits per heavy atom. The lowest BCUT2D eigenvalue weighted by atomic mass is 10.1. The maximum atomic E-state index is 9.71. The van der Waals surface area contributed by atoms with Gasteiger partial charge in [0.1, 0.15) is 18.0 Å². The molecule has 2 atom stereocenters. The van der Waals surface area contributed by atoms with Crippen LogP contribution in [0.1, 0.15) is 20.3 Å². The molecule has 4 heteroatoms. The van der Waals surface area contributed by atoms with Crippen molar-refractivity contribution in [3.05, 3.63) is 24.5 Å². The van der Waals surface area contributed by atoms with Crippen LogP contribution in [0.2, 0.25) is 0 Å². The highest BCUT2D eigenvalue weighted by atomic mass is 16.5. The topological polar surface area (TPSA) is 58.9 Å². The molecule has 2 N–H and O–H groups in total. The second kappa shape index (κ2) is 9.39. The van der Waals surface area contributed by atoms with Crippen LogP contribution in [0.4, 0.5) is 0 Å². The van der Waals surface area contributed by atoms with Crippen LogP contribution in [0.3, 0.4) is 0 Å². The van der Waals surface area contributed by atoms with Crippen LogP contribution < -0.4 is 0 Å². The summed E-state index contributed by atoms with van der Waals surface area (Å²) >= 11 is 0. The lowest BCUT2D eigenvalue weighted by Gasteiger charge is -2.18. The summed E-state index contributed by atoms with van der Waals surface area (Å²) in [5.74, 6) is -0.0990. The lowest BCUT2D eigenvalue weighted by Crippen LogP contribution is -2.29. The fraction of sp³-hybridized carbons (Fsp3) is 0.667. The standard InChI is InChI=1S/C12H22O4/c1-4-11(16-6-3)12(14)10(13)8-7-9-15-5-2/h4,8,11-14H,1,5-7,9H2,2-3H3. The molecule has 0 aliphatic carbocycles. The summed E-state index contributed by atoms with van der Waals surface area (Å²) in [6.07, 6.45) is 1.94. The second-order valence-corrected chi connectivity index (χ2v) is 3.22. The molecule has 0 bridgehead atoms. The second-order valence-electron chi connectivity index (χ2n) is 3.22. The van der Waals surface area contributed by atoms with Gasteiger partial charge in [-0.05, 0) is 26.3 Å². The van der Waals surface area contributed by atoms with Crippen LogP contribution in [0.5, 0.6) is 0 Å². The molecular weight excluding hydrogens is 208 g/mol. The first-order valence-electron chi connectivity index (χ1n) is 5.56. The number of hydrogen-bond acceptors (Lipinski definition) is 4. The zero-order valence-corrected chi connectivity index (χ0v) is 10.1. The van der Waals surface area contributed by atoms with Gasteiger partial charge in [-0.3, -0.25) is 0 Å². The van der Waals surface area contributed by atoms with Gasteiger partial charge in [0.15, 0.2) is 0 Å². The van der Waals surface area contributed by atoms with Crippen LogP contribution in [0.15, 0.2) is 24.5 Å². The van der Waals surface area contributed by atoms with Crippen LogP contribution in [-0.4, -0.2) is 42.2 Å². The number of hydrogen-bond donors (Lipinski definition) is 2. The molecule has 0 rings (SSSR count). The molecule has 16 heavy (non-hydrogen) atoms. The molecule has 0 aromatic rings. The van der Waals surface area contributed by atoms with E-state index in [2.05, 4.69) is 6.58 Å². The molecule has 0 spiro atoms. The van der Waals surface area contributed by atoms with Crippen LogP contribution in [-0.2, 0) is 9.47 Å². The highest BCUT2D eigenvalue weighted by Gasteiger charge is 2.19. The number of ether oxygens (including phenoxy) is 2. The fourth-order valence-electron chi connectivity index (χ4n) is 1.20. The fourth-order valence-corrected chi connectivity index (χ4v) is 1.20. The first kappa shape index (κ1) is 15.2. The van der Waals surface area contributed by atoms with Crippen molar-refractivity contribution in [1.82, 2.24) is 0 Å². The first-order valence-corrected chi connectivity index (χ1v) is 5.56. The van der Waals surface area contributed by atoms with E-state index in [0.717, 1.165) is 0 Å². The van der Waals surface area contributed by atoms with Gasteiger partial charge in [-0.1, -0.05) is 6.08 Å². The summed E-state index contributed by atoms with van der Waals surface area (Å²) in [5, 5.41) is 19.3. The SMILES string of the molecule is C=CC(OCC)C(O)C(O)=CCCOCC. The molecule has 0 fully saturated rings. The van der Waals surface area contributed by atoms with Crippen molar-refractivity contribution in [2.75, 3.05) is 19.8 Å². The quantitative estimate of drug-likeness (QED) is 0.360. The van der Waals surface area contributed by atoms with Gasteiger partial charge < -0.3 is 19.7 Å². The summed E-state index contributed by atoms with van der Waals surface area (Å²) in [4.78, 5) is 0. The summed E-state index contributed by atoms with van der Waals surface area (Å²) in [7, 11) is 0. The van der Waals surface area contributed by atoms with E-state index in [1.807, 2.05) is 13.8 Å². The van der Waals surface area contributed by atoms with Gasteiger partial charge in [-0.15, -0.1) is 6.58 Å². The van der Waals surface area contributed by atoms with Gasteiger partial charge in [-0.25, -0.2) is 0 Å². The Balaban J connectivity index is 4.11. The third-order valence-corrected chi connectivity index (χ3v) is 2.03. The molecule has 0 heterocycles. The molecule has 0 aromatic carbocycles. The van der Waals surface area contributed by atoms with Gasteiger partial charge >= 0.3 is 0 Å².